The van der Waals surface area contributed by atoms with Crippen molar-refractivity contribution in [1.29, 1.82) is 0 Å². The molecule has 6 nitrogen and oxygen atoms in total. The quantitative estimate of drug-likeness (QED) is 0.364. The molecule has 118 valence electrons. The Morgan fingerprint density at radius 1 is 1.17 bits per heavy atom. The second kappa shape index (κ2) is 4.50. The number of imide groups is 1. The van der Waals surface area contributed by atoms with E-state index in [1.165, 1.54) is 11.6 Å². The number of carbonyl (C=O) groups is 2. The van der Waals surface area contributed by atoms with Gasteiger partial charge in [0.1, 0.15) is 0 Å². The van der Waals surface area contributed by atoms with E-state index in [0.717, 1.165) is 11.3 Å². The molecule has 1 aliphatic heterocycles. The minimum Gasteiger partial charge on any atom is -0.274 e. The van der Waals surface area contributed by atoms with Crippen LogP contribution in [0, 0.1) is 40.7 Å². The first kappa shape index (κ1) is 14.1. The van der Waals surface area contributed by atoms with E-state index in [1.807, 2.05) is 6.92 Å². The molecular formula is C17H16N2O4. The van der Waals surface area contributed by atoms with Crippen molar-refractivity contribution < 1.29 is 14.5 Å². The number of allylic oxidation sites excluding steroid dienone is 2. The Morgan fingerprint density at radius 2 is 1.87 bits per heavy atom. The molecule has 0 unspecified atom stereocenters. The van der Waals surface area contributed by atoms with Gasteiger partial charge in [-0.25, -0.2) is 4.90 Å². The van der Waals surface area contributed by atoms with Crippen molar-refractivity contribution in [2.75, 3.05) is 4.90 Å². The molecule has 1 saturated carbocycles. The molecule has 1 aromatic carbocycles. The topological polar surface area (TPSA) is 80.5 Å². The van der Waals surface area contributed by atoms with E-state index in [9.17, 15) is 19.7 Å². The third kappa shape index (κ3) is 1.75. The minimum atomic E-state index is -0.486. The molecule has 2 aliphatic carbocycles. The van der Waals surface area contributed by atoms with E-state index < -0.39 is 4.92 Å². The highest BCUT2D eigenvalue weighted by molar-refractivity contribution is 6.23. The number of nitro groups is 1. The van der Waals surface area contributed by atoms with Crippen LogP contribution in [-0.4, -0.2) is 16.7 Å². The minimum absolute atomic E-state index is 0.0718. The van der Waals surface area contributed by atoms with Gasteiger partial charge in [0.2, 0.25) is 11.8 Å². The lowest BCUT2D eigenvalue weighted by molar-refractivity contribution is -0.385. The monoisotopic (exact) mass is 312 g/mol. The normalized spacial score (nSPS) is 31.6. The highest BCUT2D eigenvalue weighted by atomic mass is 16.6. The maximum Gasteiger partial charge on any atom is 0.274 e. The van der Waals surface area contributed by atoms with Crippen molar-refractivity contribution in [3.63, 3.8) is 0 Å². The Morgan fingerprint density at radius 3 is 2.57 bits per heavy atom. The molecular weight excluding hydrogens is 296 g/mol. The average Bonchev–Trinajstić information content (AvgIpc) is 3.11. The number of hydrogen-bond donors (Lipinski definition) is 0. The number of fused-ring (bicyclic) bond motifs is 5. The van der Waals surface area contributed by atoms with E-state index in [1.54, 1.807) is 19.1 Å². The second-order valence-electron chi connectivity index (χ2n) is 6.71. The Bertz CT molecular complexity index is 798. The molecule has 3 aliphatic rings. The highest BCUT2D eigenvalue weighted by Crippen LogP contribution is 2.56. The summed E-state index contributed by atoms with van der Waals surface area (Å²) in [7, 11) is 0. The lowest BCUT2D eigenvalue weighted by Gasteiger charge is -2.19. The molecule has 2 amide bonds. The van der Waals surface area contributed by atoms with Crippen LogP contribution in [0.25, 0.3) is 0 Å². The number of nitro benzene ring substituents is 1. The number of aryl methyl sites for hydroxylation is 1. The third-order valence-corrected chi connectivity index (χ3v) is 5.53. The van der Waals surface area contributed by atoms with Crippen molar-refractivity contribution >= 4 is 23.2 Å². The predicted octanol–water partition coefficient (Wildman–Crippen LogP) is 2.60. The van der Waals surface area contributed by atoms with Gasteiger partial charge in [0.15, 0.2) is 0 Å². The molecule has 0 N–H and O–H groups in total. The zero-order valence-electron chi connectivity index (χ0n) is 12.9. The number of nitrogens with zero attached hydrogens (tertiary/aromatic N) is 2. The van der Waals surface area contributed by atoms with Gasteiger partial charge in [-0.1, -0.05) is 17.7 Å². The lowest BCUT2D eigenvalue weighted by Crippen LogP contribution is -2.33. The summed E-state index contributed by atoms with van der Waals surface area (Å²) in [5, 5.41) is 11.1. The van der Waals surface area contributed by atoms with Crippen LogP contribution in [0.4, 0.5) is 11.4 Å². The van der Waals surface area contributed by atoms with Crippen LogP contribution >= 0.6 is 0 Å². The van der Waals surface area contributed by atoms with E-state index in [2.05, 4.69) is 6.08 Å². The lowest BCUT2D eigenvalue weighted by atomic mass is 9.82. The number of carbonyl (C=O) groups excluding carboxylic acids is 2. The van der Waals surface area contributed by atoms with E-state index in [-0.39, 0.29) is 41.2 Å². The summed E-state index contributed by atoms with van der Waals surface area (Å²) in [5.74, 6) is -0.735. The average molecular weight is 312 g/mol. The fourth-order valence-electron chi connectivity index (χ4n) is 4.46. The molecule has 4 atom stereocenters. The van der Waals surface area contributed by atoms with Crippen molar-refractivity contribution in [1.82, 2.24) is 0 Å². The highest BCUT2D eigenvalue weighted by Gasteiger charge is 2.61. The van der Waals surface area contributed by atoms with Crippen LogP contribution in [0.5, 0.6) is 0 Å². The van der Waals surface area contributed by atoms with Gasteiger partial charge in [0.05, 0.1) is 22.4 Å². The Balaban J connectivity index is 1.75. The number of anilines is 1. The van der Waals surface area contributed by atoms with E-state index >= 15 is 0 Å². The smallest absolute Gasteiger partial charge is 0.274 e. The van der Waals surface area contributed by atoms with Crippen molar-refractivity contribution in [3.8, 4) is 0 Å². The van der Waals surface area contributed by atoms with Gasteiger partial charge in [-0.2, -0.15) is 0 Å². The molecule has 0 aromatic heterocycles. The molecule has 1 heterocycles. The summed E-state index contributed by atoms with van der Waals surface area (Å²) >= 11 is 0. The number of rotatable bonds is 2. The van der Waals surface area contributed by atoms with Gasteiger partial charge in [-0.05, 0) is 38.2 Å². The van der Waals surface area contributed by atoms with E-state index in [4.69, 9.17) is 0 Å². The van der Waals surface area contributed by atoms with Crippen LogP contribution in [0.3, 0.4) is 0 Å². The Labute approximate surface area is 132 Å². The molecule has 1 saturated heterocycles. The predicted molar refractivity (Wildman–Crippen MR) is 82.7 cm³/mol. The van der Waals surface area contributed by atoms with Crippen molar-refractivity contribution in [3.05, 3.63) is 45.5 Å². The summed E-state index contributed by atoms with van der Waals surface area (Å²) < 4.78 is 0. The fraction of sp³-hybridized carbons (Fsp3) is 0.412. The number of benzene rings is 1. The summed E-state index contributed by atoms with van der Waals surface area (Å²) in [5.41, 5.74) is 1.94. The van der Waals surface area contributed by atoms with Crippen molar-refractivity contribution in [2.24, 2.45) is 23.7 Å². The van der Waals surface area contributed by atoms with Gasteiger partial charge in [-0.15, -0.1) is 0 Å². The Hall–Kier alpha value is -2.50. The molecule has 0 radical (unpaired) electrons. The van der Waals surface area contributed by atoms with Gasteiger partial charge < -0.3 is 0 Å². The summed E-state index contributed by atoms with van der Waals surface area (Å²) in [6.07, 6.45) is 2.98. The first-order chi connectivity index (χ1) is 10.9. The van der Waals surface area contributed by atoms with Crippen LogP contribution in [0.1, 0.15) is 18.9 Å². The molecule has 1 aromatic rings. The number of amides is 2. The SMILES string of the molecule is CC1=C[C@@H]2C[C@H]1[C@@H]1C(=O)N(c3ccc(C)c([N+](=O)[O-])c3)C(=O)[C@H]12. The first-order valence-corrected chi connectivity index (χ1v) is 7.71. The standard InChI is InChI=1S/C17H16N2O4/c1-8-3-4-11(7-13(8)19(22)23)18-16(20)14-10-5-9(2)12(6-10)15(14)17(18)21/h3-5,7,10,12,14-15H,6H2,1-2H3/t10-,12-,14+,15+/m1/s1. The second-order valence-corrected chi connectivity index (χ2v) is 6.71. The van der Waals surface area contributed by atoms with Crippen LogP contribution in [-0.2, 0) is 9.59 Å². The van der Waals surface area contributed by atoms with Crippen LogP contribution in [0.2, 0.25) is 0 Å². The third-order valence-electron chi connectivity index (χ3n) is 5.53. The van der Waals surface area contributed by atoms with Crippen LogP contribution in [0.15, 0.2) is 29.8 Å². The molecule has 6 heteroatoms. The van der Waals surface area contributed by atoms with Gasteiger partial charge in [-0.3, -0.25) is 19.7 Å². The van der Waals surface area contributed by atoms with Gasteiger partial charge in [0.25, 0.3) is 5.69 Å². The molecule has 23 heavy (non-hydrogen) atoms. The summed E-state index contributed by atoms with van der Waals surface area (Å²) in [4.78, 5) is 37.4. The Kier molecular flexibility index (Phi) is 2.76. The van der Waals surface area contributed by atoms with E-state index in [0.29, 0.717) is 11.3 Å². The molecule has 2 fully saturated rings. The molecule has 2 bridgehead atoms. The molecule has 4 rings (SSSR count). The first-order valence-electron chi connectivity index (χ1n) is 7.71. The summed E-state index contributed by atoms with van der Waals surface area (Å²) in [6.45, 7) is 3.65. The zero-order valence-corrected chi connectivity index (χ0v) is 12.9. The fourth-order valence-corrected chi connectivity index (χ4v) is 4.46. The van der Waals surface area contributed by atoms with Gasteiger partial charge >= 0.3 is 0 Å². The zero-order chi connectivity index (χ0) is 16.5. The van der Waals surface area contributed by atoms with Crippen LogP contribution < -0.4 is 4.90 Å². The molecule has 0 spiro atoms. The maximum absolute atomic E-state index is 12.8. The largest absolute Gasteiger partial charge is 0.274 e. The van der Waals surface area contributed by atoms with Gasteiger partial charge in [0, 0.05) is 11.6 Å². The van der Waals surface area contributed by atoms with Crippen molar-refractivity contribution in [2.45, 2.75) is 20.3 Å². The maximum atomic E-state index is 12.8. The summed E-state index contributed by atoms with van der Waals surface area (Å²) in [6, 6.07) is 4.52. The number of hydrogen-bond acceptors (Lipinski definition) is 4.